The molecule has 1 aliphatic heterocycles. The van der Waals surface area contributed by atoms with E-state index in [2.05, 4.69) is 264 Å². The van der Waals surface area contributed by atoms with Crippen LogP contribution in [0.4, 0.5) is 34.1 Å². The minimum absolute atomic E-state index is 0.248. The summed E-state index contributed by atoms with van der Waals surface area (Å²) in [5, 5.41) is 8.31. The number of hydrogen-bond acceptors (Lipinski definition) is 2. The molecule has 2 aliphatic carbocycles. The molecular formula is C72H68N2Si. The van der Waals surface area contributed by atoms with Crippen molar-refractivity contribution in [2.45, 2.75) is 107 Å². The van der Waals surface area contributed by atoms with Crippen molar-refractivity contribution in [2.75, 3.05) is 9.80 Å². The molecule has 0 fully saturated rings. The molecule has 0 spiro atoms. The largest absolute Gasteiger partial charge is 0.309 e. The molecule has 10 aromatic rings. The molecule has 3 aliphatic rings. The van der Waals surface area contributed by atoms with E-state index in [0.29, 0.717) is 0 Å². The second-order valence-electron chi connectivity index (χ2n) is 24.3. The van der Waals surface area contributed by atoms with Gasteiger partial charge in [-0.25, -0.2) is 0 Å². The number of fused-ring (bicyclic) bond motifs is 13. The van der Waals surface area contributed by atoms with Crippen LogP contribution in [-0.4, -0.2) is 8.07 Å². The Labute approximate surface area is 446 Å². The van der Waals surface area contributed by atoms with Crippen molar-refractivity contribution >= 4 is 74.1 Å². The van der Waals surface area contributed by atoms with E-state index in [1.165, 1.54) is 156 Å². The fraction of sp³-hybridized carbons (Fsp3) is 0.222. The standard InChI is InChI=1S/C72H68N2Si/c1-41-23-27-61(45(5)31-41)73(62-28-24-42(2)32-46(62)6)65-39-59-69(51-21-17-15-19-49(51)65)55-37-67-53(35-57(55)71(59,9)10)54-36-58-56(38-68(54)75(67,13)14)70-52-22-18-16-20-50(52)66(40-60(70)72(58,11)12)74(63-29-25-43(3)33-47(63)7)64-30-26-44(4)34-48(64)8/h15-40H,1-14H3. The summed E-state index contributed by atoms with van der Waals surface area (Å²) in [5.74, 6) is 0. The minimum atomic E-state index is -2.23. The minimum Gasteiger partial charge on any atom is -0.309 e. The topological polar surface area (TPSA) is 6.48 Å². The van der Waals surface area contributed by atoms with Crippen molar-refractivity contribution in [3.8, 4) is 33.4 Å². The second kappa shape index (κ2) is 16.3. The fourth-order valence-corrected chi connectivity index (χ4v) is 17.3. The molecule has 0 N–H and O–H groups in total. The zero-order chi connectivity index (χ0) is 52.4. The van der Waals surface area contributed by atoms with Crippen LogP contribution in [0.3, 0.4) is 0 Å². The number of anilines is 6. The maximum absolute atomic E-state index is 2.67. The normalized spacial score (nSPS) is 14.9. The van der Waals surface area contributed by atoms with Gasteiger partial charge < -0.3 is 9.80 Å². The lowest BCUT2D eigenvalue weighted by Gasteiger charge is -2.32. The highest BCUT2D eigenvalue weighted by Crippen LogP contribution is 2.59. The highest BCUT2D eigenvalue weighted by Gasteiger charge is 2.47. The van der Waals surface area contributed by atoms with E-state index >= 15 is 0 Å². The van der Waals surface area contributed by atoms with Crippen molar-refractivity contribution in [2.24, 2.45) is 0 Å². The lowest BCUT2D eigenvalue weighted by molar-refractivity contribution is 0.660. The lowest BCUT2D eigenvalue weighted by Crippen LogP contribution is -2.49. The van der Waals surface area contributed by atoms with Gasteiger partial charge in [0, 0.05) is 44.4 Å². The van der Waals surface area contributed by atoms with Gasteiger partial charge in [0.2, 0.25) is 0 Å². The van der Waals surface area contributed by atoms with Gasteiger partial charge in [0.25, 0.3) is 0 Å². The van der Waals surface area contributed by atoms with Crippen molar-refractivity contribution in [1.82, 2.24) is 0 Å². The van der Waals surface area contributed by atoms with E-state index in [1.54, 1.807) is 10.4 Å². The van der Waals surface area contributed by atoms with E-state index in [-0.39, 0.29) is 10.8 Å². The zero-order valence-corrected chi connectivity index (χ0v) is 47.4. The number of hydrogen-bond donors (Lipinski definition) is 0. The SMILES string of the molecule is Cc1ccc(N(c2ccc(C)cc2C)c2cc3c(c4ccccc24)-c2cc4c(cc2C3(C)C)-c2cc3c(cc2[Si]4(C)C)-c2c(cc(N(c4ccc(C)cc4C)c4ccc(C)cc4C)c4ccccc24)C3(C)C)c(C)c1. The van der Waals surface area contributed by atoms with Crippen LogP contribution in [0, 0.1) is 55.4 Å². The Kier molecular flexibility index (Phi) is 10.3. The third-order valence-electron chi connectivity index (χ3n) is 18.1. The van der Waals surface area contributed by atoms with Crippen LogP contribution < -0.4 is 20.2 Å². The Balaban J connectivity index is 0.991. The molecule has 13 rings (SSSR count). The predicted octanol–water partition coefficient (Wildman–Crippen LogP) is 18.8. The van der Waals surface area contributed by atoms with Crippen LogP contribution in [0.1, 0.15) is 94.5 Å². The van der Waals surface area contributed by atoms with Crippen molar-refractivity contribution in [3.63, 3.8) is 0 Å². The monoisotopic (exact) mass is 989 g/mol. The molecule has 1 heterocycles. The van der Waals surface area contributed by atoms with E-state index in [1.807, 2.05) is 0 Å². The molecule has 75 heavy (non-hydrogen) atoms. The molecule has 0 amide bonds. The van der Waals surface area contributed by atoms with Crippen LogP contribution in [-0.2, 0) is 10.8 Å². The first-order valence-corrected chi connectivity index (χ1v) is 30.2. The Morgan fingerprint density at radius 2 is 0.613 bits per heavy atom. The maximum atomic E-state index is 2.67. The molecule has 0 bridgehead atoms. The molecule has 0 saturated carbocycles. The number of rotatable bonds is 6. The van der Waals surface area contributed by atoms with E-state index < -0.39 is 8.07 Å². The van der Waals surface area contributed by atoms with Crippen molar-refractivity contribution in [3.05, 3.63) is 224 Å². The van der Waals surface area contributed by atoms with Gasteiger partial charge in [-0.05, 0) is 203 Å². The van der Waals surface area contributed by atoms with Gasteiger partial charge in [-0.3, -0.25) is 0 Å². The predicted molar refractivity (Wildman–Crippen MR) is 326 cm³/mol. The summed E-state index contributed by atoms with van der Waals surface area (Å²) in [7, 11) is -2.23. The molecule has 2 nitrogen and oxygen atoms in total. The number of nitrogens with zero attached hydrogens (tertiary/aromatic N) is 2. The van der Waals surface area contributed by atoms with Gasteiger partial charge in [0.15, 0.2) is 0 Å². The summed E-state index contributed by atoms with van der Waals surface area (Å²) in [6, 6.07) is 61.9. The van der Waals surface area contributed by atoms with Gasteiger partial charge >= 0.3 is 0 Å². The average Bonchev–Trinajstić information content (AvgIpc) is 3.99. The number of aryl methyl sites for hydroxylation is 8. The second-order valence-corrected chi connectivity index (χ2v) is 28.6. The summed E-state index contributed by atoms with van der Waals surface area (Å²) in [6.45, 7) is 33.0. The summed E-state index contributed by atoms with van der Waals surface area (Å²) in [6.07, 6.45) is 0. The van der Waals surface area contributed by atoms with Crippen LogP contribution >= 0.6 is 0 Å². The van der Waals surface area contributed by atoms with Crippen LogP contribution in [0.15, 0.2) is 158 Å². The van der Waals surface area contributed by atoms with E-state index in [4.69, 9.17) is 0 Å². The van der Waals surface area contributed by atoms with Gasteiger partial charge in [-0.15, -0.1) is 0 Å². The Morgan fingerprint density at radius 1 is 0.307 bits per heavy atom. The number of benzene rings is 10. The molecule has 0 radical (unpaired) electrons. The molecule has 0 aromatic heterocycles. The molecule has 0 saturated heterocycles. The van der Waals surface area contributed by atoms with Gasteiger partial charge in [-0.2, -0.15) is 0 Å². The lowest BCUT2D eigenvalue weighted by atomic mass is 9.79. The van der Waals surface area contributed by atoms with E-state index in [9.17, 15) is 0 Å². The summed E-state index contributed by atoms with van der Waals surface area (Å²) in [5.41, 5.74) is 31.2. The fourth-order valence-electron chi connectivity index (χ4n) is 14.2. The van der Waals surface area contributed by atoms with Crippen LogP contribution in [0.5, 0.6) is 0 Å². The third kappa shape index (κ3) is 6.76. The first-order chi connectivity index (χ1) is 35.7. The van der Waals surface area contributed by atoms with Crippen LogP contribution in [0.25, 0.3) is 54.9 Å². The Hall–Kier alpha value is -7.46. The summed E-state index contributed by atoms with van der Waals surface area (Å²) < 4.78 is 0. The van der Waals surface area contributed by atoms with Crippen LogP contribution in [0.2, 0.25) is 13.1 Å². The Morgan fingerprint density at radius 3 is 0.920 bits per heavy atom. The highest BCUT2D eigenvalue weighted by atomic mass is 28.3. The highest BCUT2D eigenvalue weighted by molar-refractivity contribution is 7.04. The molecule has 370 valence electrons. The average molecular weight is 989 g/mol. The van der Waals surface area contributed by atoms with Crippen molar-refractivity contribution in [1.29, 1.82) is 0 Å². The van der Waals surface area contributed by atoms with Crippen molar-refractivity contribution < 1.29 is 0 Å². The maximum Gasteiger partial charge on any atom is 0.113 e. The first kappa shape index (κ1) is 47.3. The summed E-state index contributed by atoms with van der Waals surface area (Å²) in [4.78, 5) is 5.10. The van der Waals surface area contributed by atoms with E-state index in [0.717, 1.165) is 0 Å². The third-order valence-corrected chi connectivity index (χ3v) is 21.6. The smallest absolute Gasteiger partial charge is 0.113 e. The molecule has 10 aromatic carbocycles. The quantitative estimate of drug-likeness (QED) is 0.153. The molecule has 0 atom stereocenters. The molecule has 0 unspecified atom stereocenters. The van der Waals surface area contributed by atoms with Gasteiger partial charge in [-0.1, -0.05) is 172 Å². The van der Waals surface area contributed by atoms with Gasteiger partial charge in [0.05, 0.1) is 11.4 Å². The molecular weight excluding hydrogens is 921 g/mol. The molecule has 3 heteroatoms. The Bertz CT molecular complexity index is 3780. The van der Waals surface area contributed by atoms with Gasteiger partial charge in [0.1, 0.15) is 8.07 Å². The zero-order valence-electron chi connectivity index (χ0n) is 46.4. The summed E-state index contributed by atoms with van der Waals surface area (Å²) >= 11 is 0. The first-order valence-electron chi connectivity index (χ1n) is 27.2.